The Hall–Kier alpha value is -2.37. The number of amides is 2. The van der Waals surface area contributed by atoms with Gasteiger partial charge in [0, 0.05) is 23.3 Å². The first-order valence-corrected chi connectivity index (χ1v) is 14.0. The zero-order chi connectivity index (χ0) is 24.3. The fraction of sp³-hybridized carbons (Fsp3) is 0.690. The number of hydrogen-bond acceptors (Lipinski definition) is 4. The van der Waals surface area contributed by atoms with Crippen LogP contribution >= 0.6 is 0 Å². The van der Waals surface area contributed by atoms with Crippen molar-refractivity contribution >= 4 is 23.5 Å². The van der Waals surface area contributed by atoms with E-state index in [2.05, 4.69) is 10.2 Å². The van der Waals surface area contributed by atoms with Gasteiger partial charge in [-0.3, -0.25) is 14.4 Å². The highest BCUT2D eigenvalue weighted by atomic mass is 16.6. The molecular weight excluding hydrogens is 440 g/mol. The first-order valence-electron chi connectivity index (χ1n) is 14.0. The van der Waals surface area contributed by atoms with Crippen LogP contribution in [0.5, 0.6) is 0 Å². The fourth-order valence-electron chi connectivity index (χ4n) is 7.05. The van der Waals surface area contributed by atoms with Crippen molar-refractivity contribution < 1.29 is 19.1 Å². The number of carbonyl (C=O) groups excluding carboxylic acids is 3. The molecule has 5 rings (SSSR count). The maximum atomic E-state index is 13.7. The number of hydrogen-bond donors (Lipinski definition) is 1. The van der Waals surface area contributed by atoms with E-state index in [4.69, 9.17) is 4.74 Å². The van der Waals surface area contributed by atoms with Crippen LogP contribution in [0.1, 0.15) is 113 Å². The van der Waals surface area contributed by atoms with E-state index in [0.717, 1.165) is 57.8 Å². The number of esters is 1. The van der Waals surface area contributed by atoms with E-state index in [1.807, 2.05) is 24.3 Å². The van der Waals surface area contributed by atoms with Gasteiger partial charge in [-0.05, 0) is 75.6 Å². The highest BCUT2D eigenvalue weighted by Crippen LogP contribution is 2.44. The van der Waals surface area contributed by atoms with Gasteiger partial charge in [-0.25, -0.2) is 0 Å². The molecule has 1 spiro atoms. The van der Waals surface area contributed by atoms with Crippen molar-refractivity contribution in [3.05, 3.63) is 29.8 Å². The first-order chi connectivity index (χ1) is 17.1. The van der Waals surface area contributed by atoms with Crippen LogP contribution < -0.4 is 5.32 Å². The SMILES string of the molecule is O=C1CC(C(=O)Nc2ccc(C(=O)N(C3CCCCC3)C3CCCCC3)cc2)C2(CCCCC2)O1. The Labute approximate surface area is 209 Å². The van der Waals surface area contributed by atoms with Crippen LogP contribution in [-0.4, -0.2) is 40.4 Å². The minimum Gasteiger partial charge on any atom is -0.458 e. The molecule has 1 aromatic carbocycles. The number of ether oxygens (including phenoxy) is 1. The smallest absolute Gasteiger partial charge is 0.307 e. The highest BCUT2D eigenvalue weighted by Gasteiger charge is 2.52. The second-order valence-corrected chi connectivity index (χ2v) is 11.2. The number of anilines is 1. The third-order valence-electron chi connectivity index (χ3n) is 8.91. The number of nitrogens with zero attached hydrogens (tertiary/aromatic N) is 1. The van der Waals surface area contributed by atoms with Gasteiger partial charge >= 0.3 is 5.97 Å². The second-order valence-electron chi connectivity index (χ2n) is 11.2. The molecule has 4 aliphatic rings. The molecule has 1 unspecified atom stereocenters. The van der Waals surface area contributed by atoms with E-state index in [1.165, 1.54) is 38.5 Å². The van der Waals surface area contributed by atoms with Crippen molar-refractivity contribution in [3.8, 4) is 0 Å². The summed E-state index contributed by atoms with van der Waals surface area (Å²) in [6, 6.07) is 8.06. The summed E-state index contributed by atoms with van der Waals surface area (Å²) in [4.78, 5) is 41.2. The van der Waals surface area contributed by atoms with E-state index in [9.17, 15) is 14.4 Å². The Morgan fingerprint density at radius 3 is 1.91 bits per heavy atom. The Morgan fingerprint density at radius 1 is 0.800 bits per heavy atom. The zero-order valence-electron chi connectivity index (χ0n) is 20.9. The molecule has 2 amide bonds. The lowest BCUT2D eigenvalue weighted by Gasteiger charge is -2.42. The van der Waals surface area contributed by atoms with Crippen molar-refractivity contribution in [1.29, 1.82) is 0 Å². The molecule has 1 atom stereocenters. The van der Waals surface area contributed by atoms with Crippen molar-refractivity contribution in [2.75, 3.05) is 5.32 Å². The molecule has 1 aromatic rings. The maximum Gasteiger partial charge on any atom is 0.307 e. The van der Waals surface area contributed by atoms with Gasteiger partial charge in [0.05, 0.1) is 12.3 Å². The van der Waals surface area contributed by atoms with Crippen LogP contribution in [0, 0.1) is 5.92 Å². The summed E-state index contributed by atoms with van der Waals surface area (Å²) in [5, 5.41) is 3.00. The minimum absolute atomic E-state index is 0.137. The molecular formula is C29H40N2O4. The predicted octanol–water partition coefficient (Wildman–Crippen LogP) is 6.00. The number of nitrogens with one attached hydrogen (secondary N) is 1. The van der Waals surface area contributed by atoms with E-state index in [0.29, 0.717) is 23.3 Å². The van der Waals surface area contributed by atoms with Gasteiger partial charge in [0.1, 0.15) is 5.60 Å². The van der Waals surface area contributed by atoms with Gasteiger partial charge in [-0.2, -0.15) is 0 Å². The van der Waals surface area contributed by atoms with Crippen molar-refractivity contribution in [2.24, 2.45) is 5.92 Å². The van der Waals surface area contributed by atoms with Gasteiger partial charge in [-0.1, -0.05) is 44.9 Å². The van der Waals surface area contributed by atoms with Gasteiger partial charge in [0.2, 0.25) is 5.91 Å². The van der Waals surface area contributed by atoms with Gasteiger partial charge in [0.15, 0.2) is 0 Å². The first kappa shape index (κ1) is 24.3. The lowest BCUT2D eigenvalue weighted by molar-refractivity contribution is -0.153. The lowest BCUT2D eigenvalue weighted by Crippen LogP contribution is -2.48. The summed E-state index contributed by atoms with van der Waals surface area (Å²) in [6.07, 6.45) is 16.6. The molecule has 1 aliphatic heterocycles. The number of rotatable bonds is 5. The van der Waals surface area contributed by atoms with E-state index in [-0.39, 0.29) is 24.2 Å². The third-order valence-corrected chi connectivity index (χ3v) is 8.91. The largest absolute Gasteiger partial charge is 0.458 e. The maximum absolute atomic E-state index is 13.7. The minimum atomic E-state index is -0.629. The molecule has 1 N–H and O–H groups in total. The third kappa shape index (κ3) is 5.26. The molecule has 0 aromatic heterocycles. The number of carbonyl (C=O) groups is 3. The Bertz CT molecular complexity index is 891. The average molecular weight is 481 g/mol. The summed E-state index contributed by atoms with van der Waals surface area (Å²) in [7, 11) is 0. The molecule has 6 heteroatoms. The Morgan fingerprint density at radius 2 is 1.34 bits per heavy atom. The summed E-state index contributed by atoms with van der Waals surface area (Å²) in [5.41, 5.74) is 0.733. The molecule has 0 radical (unpaired) electrons. The Balaban J connectivity index is 1.28. The predicted molar refractivity (Wildman–Crippen MR) is 135 cm³/mol. The summed E-state index contributed by atoms with van der Waals surface area (Å²) < 4.78 is 5.70. The van der Waals surface area contributed by atoms with E-state index >= 15 is 0 Å². The Kier molecular flexibility index (Phi) is 7.45. The quantitative estimate of drug-likeness (QED) is 0.525. The molecule has 1 heterocycles. The van der Waals surface area contributed by atoms with Crippen LogP contribution in [0.3, 0.4) is 0 Å². The van der Waals surface area contributed by atoms with Gasteiger partial charge in [-0.15, -0.1) is 0 Å². The van der Waals surface area contributed by atoms with Crippen molar-refractivity contribution in [2.45, 2.75) is 120 Å². The van der Waals surface area contributed by atoms with Gasteiger partial charge in [0.25, 0.3) is 5.91 Å². The van der Waals surface area contributed by atoms with Crippen LogP contribution in [0.15, 0.2) is 24.3 Å². The summed E-state index contributed by atoms with van der Waals surface area (Å²) >= 11 is 0. The molecule has 0 bridgehead atoms. The number of benzene rings is 1. The topological polar surface area (TPSA) is 75.7 Å². The average Bonchev–Trinajstić information content (AvgIpc) is 3.21. The van der Waals surface area contributed by atoms with E-state index in [1.54, 1.807) is 0 Å². The molecule has 190 valence electrons. The normalized spacial score (nSPS) is 25.3. The summed E-state index contributed by atoms with van der Waals surface area (Å²) in [6.45, 7) is 0. The second kappa shape index (κ2) is 10.7. The molecule has 3 aliphatic carbocycles. The zero-order valence-corrected chi connectivity index (χ0v) is 20.9. The van der Waals surface area contributed by atoms with Crippen LogP contribution in [0.25, 0.3) is 0 Å². The summed E-state index contributed by atoms with van der Waals surface area (Å²) in [5.74, 6) is -0.719. The highest BCUT2D eigenvalue weighted by molar-refractivity contribution is 5.98. The van der Waals surface area contributed by atoms with Crippen molar-refractivity contribution in [3.63, 3.8) is 0 Å². The monoisotopic (exact) mass is 480 g/mol. The van der Waals surface area contributed by atoms with Gasteiger partial charge < -0.3 is 15.0 Å². The lowest BCUT2D eigenvalue weighted by atomic mass is 9.75. The molecule has 3 saturated carbocycles. The molecule has 6 nitrogen and oxygen atoms in total. The molecule has 4 fully saturated rings. The van der Waals surface area contributed by atoms with Crippen LogP contribution in [0.4, 0.5) is 5.69 Å². The molecule has 35 heavy (non-hydrogen) atoms. The van der Waals surface area contributed by atoms with Crippen molar-refractivity contribution in [1.82, 2.24) is 4.90 Å². The van der Waals surface area contributed by atoms with E-state index < -0.39 is 11.5 Å². The fourth-order valence-corrected chi connectivity index (χ4v) is 7.05. The van der Waals surface area contributed by atoms with Crippen LogP contribution in [0.2, 0.25) is 0 Å². The standard InChI is InChI=1S/C29H40N2O4/c32-26-20-25(29(35-26)18-8-3-9-19-29)27(33)30-22-16-14-21(15-17-22)28(34)31(23-10-4-1-5-11-23)24-12-6-2-7-13-24/h14-17,23-25H,1-13,18-20H2,(H,30,33). The molecule has 1 saturated heterocycles. The van der Waals surface area contributed by atoms with Crippen LogP contribution in [-0.2, 0) is 14.3 Å².